The molecule has 0 unspecified atom stereocenters. The minimum Gasteiger partial charge on any atom is -0.493 e. The average molecular weight is 283 g/mol. The van der Waals surface area contributed by atoms with Crippen LogP contribution in [0.4, 0.5) is 5.69 Å². The maximum atomic E-state index is 11.4. The highest BCUT2D eigenvalue weighted by atomic mass is 16.6. The predicted octanol–water partition coefficient (Wildman–Crippen LogP) is 1.36. The van der Waals surface area contributed by atoms with Gasteiger partial charge in [0.25, 0.3) is 5.69 Å². The van der Waals surface area contributed by atoms with Crippen LogP contribution in [0.1, 0.15) is 17.3 Å². The number of nitro benzene ring substituents is 1. The van der Waals surface area contributed by atoms with Gasteiger partial charge in [0.15, 0.2) is 23.9 Å². The molecule has 108 valence electrons. The first-order valence-corrected chi connectivity index (χ1v) is 5.47. The maximum absolute atomic E-state index is 11.4. The number of carbonyl (C=O) groups excluding carboxylic acids is 2. The molecule has 8 heteroatoms. The third-order valence-corrected chi connectivity index (χ3v) is 2.43. The molecule has 1 aromatic carbocycles. The topological polar surface area (TPSA) is 105 Å². The molecule has 0 aliphatic heterocycles. The molecule has 1 rings (SSSR count). The number of methoxy groups -OCH3 is 2. The van der Waals surface area contributed by atoms with E-state index in [1.54, 1.807) is 0 Å². The fourth-order valence-corrected chi connectivity index (χ4v) is 1.45. The summed E-state index contributed by atoms with van der Waals surface area (Å²) in [6.45, 7) is 0.778. The Morgan fingerprint density at radius 2 is 1.90 bits per heavy atom. The smallest absolute Gasteiger partial charge is 0.343 e. The lowest BCUT2D eigenvalue weighted by molar-refractivity contribution is -0.385. The number of benzene rings is 1. The Balaban J connectivity index is 3.23. The fourth-order valence-electron chi connectivity index (χ4n) is 1.45. The summed E-state index contributed by atoms with van der Waals surface area (Å²) in [6, 6.07) is 2.24. The summed E-state index contributed by atoms with van der Waals surface area (Å²) in [5.74, 6) is -1.03. The van der Waals surface area contributed by atoms with Crippen LogP contribution in [0, 0.1) is 10.1 Å². The number of nitro groups is 1. The van der Waals surface area contributed by atoms with Crippen molar-refractivity contribution in [3.8, 4) is 11.5 Å². The number of ketones is 1. The number of hydrogen-bond donors (Lipinski definition) is 0. The zero-order valence-corrected chi connectivity index (χ0v) is 11.2. The lowest BCUT2D eigenvalue weighted by Gasteiger charge is -2.11. The molecule has 0 spiro atoms. The van der Waals surface area contributed by atoms with Gasteiger partial charge in [0.1, 0.15) is 0 Å². The van der Waals surface area contributed by atoms with Crippen molar-refractivity contribution in [1.82, 2.24) is 0 Å². The highest BCUT2D eigenvalue weighted by molar-refractivity contribution is 5.99. The largest absolute Gasteiger partial charge is 0.493 e. The summed E-state index contributed by atoms with van der Waals surface area (Å²) in [7, 11) is 2.50. The van der Waals surface area contributed by atoms with Gasteiger partial charge in [0, 0.05) is 6.07 Å². The van der Waals surface area contributed by atoms with Crippen molar-refractivity contribution in [2.75, 3.05) is 20.8 Å². The lowest BCUT2D eigenvalue weighted by Crippen LogP contribution is -2.13. The van der Waals surface area contributed by atoms with Gasteiger partial charge < -0.3 is 14.2 Å². The Morgan fingerprint density at radius 3 is 2.35 bits per heavy atom. The van der Waals surface area contributed by atoms with E-state index in [1.807, 2.05) is 0 Å². The normalized spacial score (nSPS) is 9.75. The number of carbonyl (C=O) groups is 2. The Bertz CT molecular complexity index is 553. The van der Waals surface area contributed by atoms with Crippen LogP contribution >= 0.6 is 0 Å². The van der Waals surface area contributed by atoms with Gasteiger partial charge in [-0.05, 0) is 6.92 Å². The van der Waals surface area contributed by atoms with Crippen molar-refractivity contribution >= 4 is 17.4 Å². The molecule has 0 saturated heterocycles. The third-order valence-electron chi connectivity index (χ3n) is 2.43. The maximum Gasteiger partial charge on any atom is 0.343 e. The van der Waals surface area contributed by atoms with E-state index in [0.29, 0.717) is 0 Å². The third kappa shape index (κ3) is 3.44. The van der Waals surface area contributed by atoms with Crippen LogP contribution in [0.25, 0.3) is 0 Å². The molecule has 1 aromatic rings. The van der Waals surface area contributed by atoms with Crippen LogP contribution in [0.15, 0.2) is 12.1 Å². The molecule has 0 N–H and O–H groups in total. The standard InChI is InChI=1S/C12H13NO7/c1-7(14)8-4-10(18-2)11(5-9(8)13(16)17)20-6-12(15)19-3/h4-5H,6H2,1-3H3. The van der Waals surface area contributed by atoms with Crippen molar-refractivity contribution in [1.29, 1.82) is 0 Å². The minimum absolute atomic E-state index is 0.0189. The molecule has 0 aliphatic carbocycles. The Labute approximate surface area is 114 Å². The predicted molar refractivity (Wildman–Crippen MR) is 67.2 cm³/mol. The van der Waals surface area contributed by atoms with Gasteiger partial charge in [-0.2, -0.15) is 0 Å². The molecule has 0 atom stereocenters. The van der Waals surface area contributed by atoms with Crippen molar-refractivity contribution in [2.24, 2.45) is 0 Å². The van der Waals surface area contributed by atoms with E-state index in [1.165, 1.54) is 27.2 Å². The quantitative estimate of drug-likeness (QED) is 0.336. The van der Waals surface area contributed by atoms with E-state index in [0.717, 1.165) is 6.07 Å². The summed E-state index contributed by atoms with van der Waals surface area (Å²) in [5, 5.41) is 10.9. The monoisotopic (exact) mass is 283 g/mol. The van der Waals surface area contributed by atoms with Crippen LogP contribution in [0.3, 0.4) is 0 Å². The molecular weight excluding hydrogens is 270 g/mol. The van der Waals surface area contributed by atoms with Crippen molar-refractivity contribution in [2.45, 2.75) is 6.92 Å². The van der Waals surface area contributed by atoms with E-state index in [2.05, 4.69) is 4.74 Å². The Kier molecular flexibility index (Phi) is 5.01. The number of nitrogens with zero attached hydrogens (tertiary/aromatic N) is 1. The van der Waals surface area contributed by atoms with E-state index < -0.39 is 29.0 Å². The molecular formula is C12H13NO7. The van der Waals surface area contributed by atoms with Gasteiger partial charge in [-0.25, -0.2) is 4.79 Å². The number of esters is 1. The number of ether oxygens (including phenoxy) is 3. The zero-order chi connectivity index (χ0) is 15.3. The summed E-state index contributed by atoms with van der Waals surface area (Å²) in [4.78, 5) is 32.6. The molecule has 0 amide bonds. The van der Waals surface area contributed by atoms with E-state index in [9.17, 15) is 19.7 Å². The SMILES string of the molecule is COC(=O)COc1cc([N+](=O)[O-])c(C(C)=O)cc1OC. The highest BCUT2D eigenvalue weighted by Crippen LogP contribution is 2.34. The average Bonchev–Trinajstić information content (AvgIpc) is 2.43. The van der Waals surface area contributed by atoms with Gasteiger partial charge in [-0.3, -0.25) is 14.9 Å². The van der Waals surface area contributed by atoms with Crippen molar-refractivity contribution < 1.29 is 28.7 Å². The van der Waals surface area contributed by atoms with Crippen LogP contribution < -0.4 is 9.47 Å². The fraction of sp³-hybridized carbons (Fsp3) is 0.333. The lowest BCUT2D eigenvalue weighted by atomic mass is 10.1. The summed E-state index contributed by atoms with van der Waals surface area (Å²) >= 11 is 0. The molecule has 0 radical (unpaired) electrons. The molecule has 0 bridgehead atoms. The number of rotatable bonds is 6. The highest BCUT2D eigenvalue weighted by Gasteiger charge is 2.22. The second kappa shape index (κ2) is 6.50. The van der Waals surface area contributed by atoms with Gasteiger partial charge in [-0.15, -0.1) is 0 Å². The number of Topliss-reactive ketones (excluding diaryl/α,β-unsaturated/α-hetero) is 1. The first-order chi connectivity index (χ1) is 9.40. The van der Waals surface area contributed by atoms with Crippen LogP contribution in [-0.2, 0) is 9.53 Å². The van der Waals surface area contributed by atoms with Crippen molar-refractivity contribution in [3.05, 3.63) is 27.8 Å². The van der Waals surface area contributed by atoms with E-state index >= 15 is 0 Å². The molecule has 0 saturated carbocycles. The van der Waals surface area contributed by atoms with Crippen LogP contribution in [-0.4, -0.2) is 37.5 Å². The Morgan fingerprint density at radius 1 is 1.25 bits per heavy atom. The van der Waals surface area contributed by atoms with E-state index in [4.69, 9.17) is 9.47 Å². The van der Waals surface area contributed by atoms with Crippen LogP contribution in [0.2, 0.25) is 0 Å². The number of hydrogen-bond acceptors (Lipinski definition) is 7. The molecule has 20 heavy (non-hydrogen) atoms. The first-order valence-electron chi connectivity index (χ1n) is 5.47. The summed E-state index contributed by atoms with van der Waals surface area (Å²) in [5.41, 5.74) is -0.518. The molecule has 8 nitrogen and oxygen atoms in total. The van der Waals surface area contributed by atoms with Crippen LogP contribution in [0.5, 0.6) is 11.5 Å². The Hall–Kier alpha value is -2.64. The molecule has 0 aliphatic rings. The van der Waals surface area contributed by atoms with Gasteiger partial charge in [0.2, 0.25) is 0 Å². The second-order valence-electron chi connectivity index (χ2n) is 3.70. The first kappa shape index (κ1) is 15.4. The van der Waals surface area contributed by atoms with Gasteiger partial charge in [-0.1, -0.05) is 0 Å². The zero-order valence-electron chi connectivity index (χ0n) is 11.2. The van der Waals surface area contributed by atoms with Gasteiger partial charge >= 0.3 is 5.97 Å². The molecule has 0 fully saturated rings. The molecule has 0 heterocycles. The minimum atomic E-state index is -0.707. The second-order valence-corrected chi connectivity index (χ2v) is 3.70. The summed E-state index contributed by atoms with van der Waals surface area (Å²) < 4.78 is 14.5. The summed E-state index contributed by atoms with van der Waals surface area (Å²) in [6.07, 6.45) is 0. The molecule has 0 aromatic heterocycles. The van der Waals surface area contributed by atoms with Crippen molar-refractivity contribution in [3.63, 3.8) is 0 Å². The van der Waals surface area contributed by atoms with E-state index in [-0.39, 0.29) is 17.1 Å². The van der Waals surface area contributed by atoms with Gasteiger partial charge in [0.05, 0.1) is 30.8 Å².